The summed E-state index contributed by atoms with van der Waals surface area (Å²) in [6.45, 7) is 1.69. The minimum atomic E-state index is -2.79. The number of benzene rings is 1. The fraction of sp³-hybridized carbons (Fsp3) is 0.400. The molecule has 0 fully saturated rings. The molecule has 0 aliphatic carbocycles. The summed E-state index contributed by atoms with van der Waals surface area (Å²) in [6, 6.07) is 3.67. The normalized spacial score (nSPS) is 13.3. The maximum Gasteiger partial charge on any atom is 0.266 e. The van der Waals surface area contributed by atoms with E-state index in [1.807, 2.05) is 0 Å². The van der Waals surface area contributed by atoms with Crippen LogP contribution in [-0.4, -0.2) is 6.04 Å². The van der Waals surface area contributed by atoms with E-state index in [1.54, 1.807) is 6.92 Å². The molecule has 1 nitrogen and oxygen atoms in total. The zero-order chi connectivity index (χ0) is 10.7. The Bertz CT molecular complexity index is 310. The van der Waals surface area contributed by atoms with Crippen molar-refractivity contribution in [3.05, 3.63) is 35.1 Å². The van der Waals surface area contributed by atoms with E-state index in [9.17, 15) is 13.2 Å². The molecular formula is C10H12F3N. The maximum atomic E-state index is 13.0. The summed E-state index contributed by atoms with van der Waals surface area (Å²) >= 11 is 0. The van der Waals surface area contributed by atoms with Gasteiger partial charge in [0, 0.05) is 6.04 Å². The highest BCUT2D eigenvalue weighted by molar-refractivity contribution is 5.30. The average molecular weight is 203 g/mol. The van der Waals surface area contributed by atoms with Crippen LogP contribution in [0.4, 0.5) is 13.2 Å². The van der Waals surface area contributed by atoms with E-state index in [0.717, 1.165) is 6.07 Å². The van der Waals surface area contributed by atoms with Gasteiger partial charge in [-0.05, 0) is 25.0 Å². The summed E-state index contributed by atoms with van der Waals surface area (Å²) in [4.78, 5) is 0. The molecule has 0 heterocycles. The predicted octanol–water partition coefficient (Wildman–Crippen LogP) is 2.65. The quantitative estimate of drug-likeness (QED) is 0.802. The van der Waals surface area contributed by atoms with E-state index in [-0.39, 0.29) is 18.0 Å². The zero-order valence-electron chi connectivity index (χ0n) is 7.81. The summed E-state index contributed by atoms with van der Waals surface area (Å²) < 4.78 is 37.9. The van der Waals surface area contributed by atoms with Gasteiger partial charge in [-0.1, -0.05) is 12.1 Å². The third kappa shape index (κ3) is 2.48. The van der Waals surface area contributed by atoms with Gasteiger partial charge in [-0.25, -0.2) is 13.2 Å². The van der Waals surface area contributed by atoms with Gasteiger partial charge in [0.25, 0.3) is 6.43 Å². The molecule has 0 saturated carbocycles. The first-order valence-corrected chi connectivity index (χ1v) is 4.33. The van der Waals surface area contributed by atoms with E-state index < -0.39 is 17.8 Å². The molecule has 1 atom stereocenters. The minimum absolute atomic E-state index is 0.255. The Kier molecular flexibility index (Phi) is 3.52. The summed E-state index contributed by atoms with van der Waals surface area (Å²) in [5.74, 6) is -0.863. The second-order valence-corrected chi connectivity index (χ2v) is 3.29. The number of hydrogen-bond acceptors (Lipinski definition) is 1. The molecule has 0 spiro atoms. The first-order chi connectivity index (χ1) is 6.52. The van der Waals surface area contributed by atoms with Crippen LogP contribution in [0.1, 0.15) is 24.5 Å². The van der Waals surface area contributed by atoms with Gasteiger partial charge in [-0.2, -0.15) is 0 Å². The van der Waals surface area contributed by atoms with E-state index >= 15 is 0 Å². The van der Waals surface area contributed by atoms with Gasteiger partial charge in [0.2, 0.25) is 0 Å². The molecule has 4 heteroatoms. The molecule has 0 aliphatic heterocycles. The zero-order valence-corrected chi connectivity index (χ0v) is 7.81. The molecule has 0 amide bonds. The lowest BCUT2D eigenvalue weighted by Crippen LogP contribution is -2.19. The maximum absolute atomic E-state index is 13.0. The third-order valence-corrected chi connectivity index (χ3v) is 1.90. The molecule has 1 rings (SSSR count). The van der Waals surface area contributed by atoms with Gasteiger partial charge in [0.15, 0.2) is 0 Å². The number of alkyl halides is 2. The highest BCUT2D eigenvalue weighted by Gasteiger charge is 2.18. The molecule has 1 aromatic rings. The van der Waals surface area contributed by atoms with E-state index in [1.165, 1.54) is 12.1 Å². The summed E-state index contributed by atoms with van der Waals surface area (Å²) in [5, 5.41) is 0. The van der Waals surface area contributed by atoms with Crippen molar-refractivity contribution in [2.45, 2.75) is 25.8 Å². The van der Waals surface area contributed by atoms with Crippen molar-refractivity contribution >= 4 is 0 Å². The smallest absolute Gasteiger partial charge is 0.266 e. The van der Waals surface area contributed by atoms with Gasteiger partial charge >= 0.3 is 0 Å². The molecule has 1 unspecified atom stereocenters. The molecule has 78 valence electrons. The molecule has 0 radical (unpaired) electrons. The van der Waals surface area contributed by atoms with Gasteiger partial charge in [0.1, 0.15) is 5.82 Å². The highest BCUT2D eigenvalue weighted by atomic mass is 19.3. The van der Waals surface area contributed by atoms with Gasteiger partial charge in [0.05, 0.1) is 5.56 Å². The molecule has 0 aliphatic rings. The number of hydrogen-bond donors (Lipinski definition) is 1. The van der Waals surface area contributed by atoms with Crippen LogP contribution in [-0.2, 0) is 6.42 Å². The Morgan fingerprint density at radius 2 is 2.00 bits per heavy atom. The average Bonchev–Trinajstić information content (AvgIpc) is 2.01. The van der Waals surface area contributed by atoms with Crippen LogP contribution in [0.3, 0.4) is 0 Å². The lowest BCUT2D eigenvalue weighted by molar-refractivity contribution is 0.145. The molecule has 0 bridgehead atoms. The summed E-state index contributed by atoms with van der Waals surface area (Å²) in [6.07, 6.45) is -2.53. The Hall–Kier alpha value is -1.03. The first-order valence-electron chi connectivity index (χ1n) is 4.33. The third-order valence-electron chi connectivity index (χ3n) is 1.90. The van der Waals surface area contributed by atoms with Crippen LogP contribution < -0.4 is 5.73 Å². The number of rotatable bonds is 3. The van der Waals surface area contributed by atoms with Crippen molar-refractivity contribution in [3.63, 3.8) is 0 Å². The molecule has 2 N–H and O–H groups in total. The Labute approximate surface area is 80.7 Å². The molecule has 0 aromatic heterocycles. The fourth-order valence-corrected chi connectivity index (χ4v) is 1.35. The topological polar surface area (TPSA) is 26.0 Å². The van der Waals surface area contributed by atoms with Crippen molar-refractivity contribution in [2.75, 3.05) is 0 Å². The van der Waals surface area contributed by atoms with E-state index in [2.05, 4.69) is 0 Å². The Morgan fingerprint density at radius 3 is 2.50 bits per heavy atom. The predicted molar refractivity (Wildman–Crippen MR) is 48.7 cm³/mol. The summed E-state index contributed by atoms with van der Waals surface area (Å²) in [7, 11) is 0. The second kappa shape index (κ2) is 4.46. The van der Waals surface area contributed by atoms with Crippen molar-refractivity contribution < 1.29 is 13.2 Å². The summed E-state index contributed by atoms with van der Waals surface area (Å²) in [5.41, 5.74) is 5.24. The van der Waals surface area contributed by atoms with Gasteiger partial charge < -0.3 is 5.73 Å². The SMILES string of the molecule is CC(N)Cc1cccc(F)c1C(F)F. The van der Waals surface area contributed by atoms with Crippen LogP contribution in [0, 0.1) is 5.82 Å². The molecule has 1 aromatic carbocycles. The largest absolute Gasteiger partial charge is 0.328 e. The van der Waals surface area contributed by atoms with Crippen LogP contribution in [0.2, 0.25) is 0 Å². The number of nitrogens with two attached hydrogens (primary N) is 1. The van der Waals surface area contributed by atoms with Crippen LogP contribution in [0.25, 0.3) is 0 Å². The van der Waals surface area contributed by atoms with Crippen LogP contribution in [0.15, 0.2) is 18.2 Å². The van der Waals surface area contributed by atoms with E-state index in [0.29, 0.717) is 0 Å². The van der Waals surface area contributed by atoms with Crippen LogP contribution >= 0.6 is 0 Å². The van der Waals surface area contributed by atoms with Crippen molar-refractivity contribution in [3.8, 4) is 0 Å². The fourth-order valence-electron chi connectivity index (χ4n) is 1.35. The lowest BCUT2D eigenvalue weighted by Gasteiger charge is -2.11. The second-order valence-electron chi connectivity index (χ2n) is 3.29. The van der Waals surface area contributed by atoms with Crippen molar-refractivity contribution in [2.24, 2.45) is 5.73 Å². The lowest BCUT2D eigenvalue weighted by atomic mass is 10.0. The van der Waals surface area contributed by atoms with Crippen molar-refractivity contribution in [1.82, 2.24) is 0 Å². The van der Waals surface area contributed by atoms with Gasteiger partial charge in [-0.15, -0.1) is 0 Å². The van der Waals surface area contributed by atoms with E-state index in [4.69, 9.17) is 5.73 Å². The molecule has 14 heavy (non-hydrogen) atoms. The first kappa shape index (κ1) is 11.0. The molecule has 0 saturated heterocycles. The Morgan fingerprint density at radius 1 is 1.36 bits per heavy atom. The van der Waals surface area contributed by atoms with Crippen LogP contribution in [0.5, 0.6) is 0 Å². The van der Waals surface area contributed by atoms with Gasteiger partial charge in [-0.3, -0.25) is 0 Å². The number of halogens is 3. The monoisotopic (exact) mass is 203 g/mol. The standard InChI is InChI=1S/C10H12F3N/c1-6(14)5-7-3-2-4-8(11)9(7)10(12)13/h2-4,6,10H,5,14H2,1H3. The minimum Gasteiger partial charge on any atom is -0.328 e. The highest BCUT2D eigenvalue weighted by Crippen LogP contribution is 2.26. The van der Waals surface area contributed by atoms with Crippen molar-refractivity contribution in [1.29, 1.82) is 0 Å². The Balaban J connectivity index is 3.08. The molecular weight excluding hydrogens is 191 g/mol.